The fourth-order valence-electron chi connectivity index (χ4n) is 2.96. The number of anilines is 4. The standard InChI is InChI=1S/C20H20N8O4/c29-17-7-6-14(12-16(17)28(30)31)13-21-26-19-23-18(22-15-4-2-1-3-5-15)24-20(25-19)27-8-10-32-11-9-27/h1-7,12-13,29H,8-11H2,(H2,22,23,24,25,26)/b21-13-. The molecule has 32 heavy (non-hydrogen) atoms. The van der Waals surface area contributed by atoms with Crippen molar-refractivity contribution in [2.45, 2.75) is 0 Å². The van der Waals surface area contributed by atoms with Gasteiger partial charge in [-0.15, -0.1) is 0 Å². The van der Waals surface area contributed by atoms with Gasteiger partial charge in [0.25, 0.3) is 0 Å². The van der Waals surface area contributed by atoms with Gasteiger partial charge in [0.1, 0.15) is 0 Å². The molecule has 1 aliphatic rings. The van der Waals surface area contributed by atoms with Crippen molar-refractivity contribution in [1.82, 2.24) is 15.0 Å². The highest BCUT2D eigenvalue weighted by molar-refractivity contribution is 5.82. The third-order valence-corrected chi connectivity index (χ3v) is 4.52. The van der Waals surface area contributed by atoms with Crippen LogP contribution < -0.4 is 15.6 Å². The van der Waals surface area contributed by atoms with Crippen LogP contribution in [0.3, 0.4) is 0 Å². The Hall–Kier alpha value is -4.32. The summed E-state index contributed by atoms with van der Waals surface area (Å²) < 4.78 is 5.39. The number of nitro groups is 1. The third-order valence-electron chi connectivity index (χ3n) is 4.52. The number of ether oxygens (including phenoxy) is 1. The number of benzene rings is 2. The summed E-state index contributed by atoms with van der Waals surface area (Å²) in [5, 5.41) is 27.8. The average Bonchev–Trinajstić information content (AvgIpc) is 2.81. The van der Waals surface area contributed by atoms with Crippen LogP contribution in [0.1, 0.15) is 5.56 Å². The molecule has 0 radical (unpaired) electrons. The SMILES string of the molecule is O=[N+]([O-])c1cc(/C=N\Nc2nc(Nc3ccccc3)nc(N3CCOCC3)n2)ccc1O. The van der Waals surface area contributed by atoms with E-state index in [4.69, 9.17) is 4.74 Å². The molecule has 12 nitrogen and oxygen atoms in total. The Morgan fingerprint density at radius 2 is 1.84 bits per heavy atom. The minimum atomic E-state index is -0.664. The van der Waals surface area contributed by atoms with E-state index >= 15 is 0 Å². The van der Waals surface area contributed by atoms with Crippen LogP contribution in [0.5, 0.6) is 5.75 Å². The topological polar surface area (TPSA) is 151 Å². The van der Waals surface area contributed by atoms with Crippen LogP contribution in [0.15, 0.2) is 53.6 Å². The lowest BCUT2D eigenvalue weighted by Crippen LogP contribution is -2.37. The molecule has 3 N–H and O–H groups in total. The van der Waals surface area contributed by atoms with Gasteiger partial charge in [-0.2, -0.15) is 20.1 Å². The fraction of sp³-hybridized carbons (Fsp3) is 0.200. The smallest absolute Gasteiger partial charge is 0.311 e. The number of aromatic nitrogens is 3. The highest BCUT2D eigenvalue weighted by atomic mass is 16.6. The first kappa shape index (κ1) is 20.9. The molecule has 0 amide bonds. The number of nitrogens with one attached hydrogen (secondary N) is 2. The number of hydrazone groups is 1. The van der Waals surface area contributed by atoms with E-state index in [1.165, 1.54) is 24.4 Å². The zero-order valence-electron chi connectivity index (χ0n) is 16.9. The molecule has 0 aliphatic carbocycles. The van der Waals surface area contributed by atoms with E-state index in [0.29, 0.717) is 43.8 Å². The summed E-state index contributed by atoms with van der Waals surface area (Å²) in [7, 11) is 0. The van der Waals surface area contributed by atoms with Crippen LogP contribution in [0.2, 0.25) is 0 Å². The van der Waals surface area contributed by atoms with Crippen molar-refractivity contribution < 1.29 is 14.8 Å². The first-order valence-corrected chi connectivity index (χ1v) is 9.76. The molecule has 0 bridgehead atoms. The summed E-state index contributed by atoms with van der Waals surface area (Å²) in [5.74, 6) is 0.596. The van der Waals surface area contributed by atoms with E-state index in [2.05, 4.69) is 30.8 Å². The summed E-state index contributed by atoms with van der Waals surface area (Å²) in [5.41, 5.74) is 3.57. The van der Waals surface area contributed by atoms with Gasteiger partial charge in [0, 0.05) is 30.4 Å². The minimum absolute atomic E-state index is 0.199. The van der Waals surface area contributed by atoms with Crippen molar-refractivity contribution in [1.29, 1.82) is 0 Å². The molecule has 3 aromatic rings. The monoisotopic (exact) mass is 436 g/mol. The predicted octanol–water partition coefficient (Wildman–Crippen LogP) is 2.51. The minimum Gasteiger partial charge on any atom is -0.502 e. The maximum Gasteiger partial charge on any atom is 0.311 e. The number of para-hydroxylation sites is 1. The van der Waals surface area contributed by atoms with Crippen LogP contribution in [0.4, 0.5) is 29.2 Å². The van der Waals surface area contributed by atoms with Crippen molar-refractivity contribution in [3.05, 3.63) is 64.2 Å². The second kappa shape index (κ2) is 9.66. The van der Waals surface area contributed by atoms with Gasteiger partial charge in [0.2, 0.25) is 17.8 Å². The maximum absolute atomic E-state index is 11.0. The van der Waals surface area contributed by atoms with Crippen molar-refractivity contribution in [2.24, 2.45) is 5.10 Å². The van der Waals surface area contributed by atoms with Crippen LogP contribution in [0.25, 0.3) is 0 Å². The summed E-state index contributed by atoms with van der Waals surface area (Å²) in [6.07, 6.45) is 1.37. The largest absolute Gasteiger partial charge is 0.502 e. The summed E-state index contributed by atoms with van der Waals surface area (Å²) >= 11 is 0. The van der Waals surface area contributed by atoms with E-state index in [1.807, 2.05) is 35.2 Å². The Labute approximate surface area is 182 Å². The van der Waals surface area contributed by atoms with Crippen molar-refractivity contribution in [2.75, 3.05) is 41.9 Å². The van der Waals surface area contributed by atoms with E-state index in [1.54, 1.807) is 0 Å². The van der Waals surface area contributed by atoms with Crippen molar-refractivity contribution >= 4 is 35.4 Å². The lowest BCUT2D eigenvalue weighted by atomic mass is 10.2. The van der Waals surface area contributed by atoms with Gasteiger partial charge >= 0.3 is 5.69 Å². The van der Waals surface area contributed by atoms with Gasteiger partial charge < -0.3 is 20.1 Å². The Morgan fingerprint density at radius 1 is 1.09 bits per heavy atom. The maximum atomic E-state index is 11.0. The van der Waals surface area contributed by atoms with Gasteiger partial charge in [-0.05, 0) is 24.3 Å². The summed E-state index contributed by atoms with van der Waals surface area (Å²) in [6, 6.07) is 13.4. The predicted molar refractivity (Wildman–Crippen MR) is 119 cm³/mol. The van der Waals surface area contributed by atoms with E-state index in [9.17, 15) is 15.2 Å². The van der Waals surface area contributed by atoms with Crippen LogP contribution in [-0.4, -0.2) is 57.5 Å². The van der Waals surface area contributed by atoms with Gasteiger partial charge in [0.15, 0.2) is 5.75 Å². The van der Waals surface area contributed by atoms with Gasteiger partial charge in [-0.1, -0.05) is 18.2 Å². The molecule has 0 unspecified atom stereocenters. The molecular weight excluding hydrogens is 416 g/mol. The molecule has 1 aromatic heterocycles. The number of phenols is 1. The van der Waals surface area contributed by atoms with Gasteiger partial charge in [-0.3, -0.25) is 10.1 Å². The number of nitrogens with zero attached hydrogens (tertiary/aromatic N) is 6. The number of hydrogen-bond acceptors (Lipinski definition) is 11. The second-order valence-electron chi connectivity index (χ2n) is 6.75. The van der Waals surface area contributed by atoms with Crippen LogP contribution >= 0.6 is 0 Å². The van der Waals surface area contributed by atoms with Gasteiger partial charge in [0.05, 0.1) is 24.4 Å². The van der Waals surface area contributed by atoms with Gasteiger partial charge in [-0.25, -0.2) is 5.43 Å². The molecule has 1 aliphatic heterocycles. The van der Waals surface area contributed by atoms with E-state index < -0.39 is 16.4 Å². The molecule has 12 heteroatoms. The Balaban J connectivity index is 1.56. The lowest BCUT2D eigenvalue weighted by Gasteiger charge is -2.27. The Kier molecular flexibility index (Phi) is 6.32. The zero-order valence-corrected chi connectivity index (χ0v) is 16.9. The first-order valence-electron chi connectivity index (χ1n) is 9.76. The molecule has 2 heterocycles. The normalized spacial score (nSPS) is 13.8. The number of morpholine rings is 1. The molecular formula is C20H20N8O4. The Bertz CT molecular complexity index is 1120. The molecule has 1 fully saturated rings. The molecule has 0 spiro atoms. The quantitative estimate of drug-likeness (QED) is 0.286. The van der Waals surface area contributed by atoms with Crippen molar-refractivity contribution in [3.63, 3.8) is 0 Å². The van der Waals surface area contributed by atoms with E-state index in [-0.39, 0.29) is 5.95 Å². The lowest BCUT2D eigenvalue weighted by molar-refractivity contribution is -0.385. The molecule has 4 rings (SSSR count). The molecule has 0 atom stereocenters. The first-order chi connectivity index (χ1) is 15.6. The number of aromatic hydroxyl groups is 1. The molecule has 164 valence electrons. The number of nitro benzene ring substituents is 1. The number of rotatable bonds is 7. The molecule has 2 aromatic carbocycles. The zero-order chi connectivity index (χ0) is 22.3. The average molecular weight is 436 g/mol. The highest BCUT2D eigenvalue weighted by Crippen LogP contribution is 2.25. The fourth-order valence-corrected chi connectivity index (χ4v) is 2.96. The van der Waals surface area contributed by atoms with Crippen molar-refractivity contribution in [3.8, 4) is 5.75 Å². The number of phenolic OH excluding ortho intramolecular Hbond substituents is 1. The third kappa shape index (κ3) is 5.23. The summed E-state index contributed by atoms with van der Waals surface area (Å²) in [6.45, 7) is 2.45. The molecule has 0 saturated carbocycles. The second-order valence-corrected chi connectivity index (χ2v) is 6.75. The summed E-state index contributed by atoms with van der Waals surface area (Å²) in [4.78, 5) is 25.6. The van der Waals surface area contributed by atoms with Crippen LogP contribution in [0, 0.1) is 10.1 Å². The number of hydrogen-bond donors (Lipinski definition) is 3. The molecule has 1 saturated heterocycles. The highest BCUT2D eigenvalue weighted by Gasteiger charge is 2.17. The van der Waals surface area contributed by atoms with Crippen LogP contribution in [-0.2, 0) is 4.74 Å². The van der Waals surface area contributed by atoms with E-state index in [0.717, 1.165) is 5.69 Å². The Morgan fingerprint density at radius 3 is 2.59 bits per heavy atom.